The summed E-state index contributed by atoms with van der Waals surface area (Å²) in [5.74, 6) is 0.466. The van der Waals surface area contributed by atoms with Crippen molar-refractivity contribution in [3.05, 3.63) is 32.7 Å². The molecule has 1 unspecified atom stereocenters. The third-order valence-electron chi connectivity index (χ3n) is 2.25. The van der Waals surface area contributed by atoms with E-state index in [4.69, 9.17) is 55.9 Å². The van der Waals surface area contributed by atoms with Crippen molar-refractivity contribution >= 4 is 46.4 Å². The van der Waals surface area contributed by atoms with E-state index in [0.717, 1.165) is 0 Å². The van der Waals surface area contributed by atoms with Gasteiger partial charge in [0.05, 0.1) is 29.9 Å². The number of ether oxygens (including phenoxy) is 2. The van der Waals surface area contributed by atoms with E-state index in [1.807, 2.05) is 6.92 Å². The van der Waals surface area contributed by atoms with Crippen LogP contribution in [0.3, 0.4) is 0 Å². The molecule has 3 nitrogen and oxygen atoms in total. The minimum absolute atomic E-state index is 0.00604. The second kappa shape index (κ2) is 8.85. The molecule has 0 saturated carbocycles. The number of phenols is 1. The van der Waals surface area contributed by atoms with Crippen molar-refractivity contribution in [3.8, 4) is 11.5 Å². The van der Waals surface area contributed by atoms with E-state index >= 15 is 0 Å². The zero-order valence-electron chi connectivity index (χ0n) is 10.7. The van der Waals surface area contributed by atoms with Crippen LogP contribution in [0.5, 0.6) is 11.5 Å². The fraction of sp³-hybridized carbons (Fsp3) is 0.385. The molecule has 112 valence electrons. The van der Waals surface area contributed by atoms with Gasteiger partial charge in [0.15, 0.2) is 5.75 Å². The van der Waals surface area contributed by atoms with Crippen LogP contribution < -0.4 is 4.74 Å². The smallest absolute Gasteiger partial charge is 0.156 e. The lowest BCUT2D eigenvalue weighted by atomic mass is 10.2. The predicted molar refractivity (Wildman–Crippen MR) is 83.4 cm³/mol. The Hall–Kier alpha value is -0.320. The maximum absolute atomic E-state index is 9.31. The maximum Gasteiger partial charge on any atom is 0.156 e. The van der Waals surface area contributed by atoms with Crippen molar-refractivity contribution in [3.63, 3.8) is 0 Å². The molecule has 0 aliphatic rings. The van der Waals surface area contributed by atoms with Gasteiger partial charge in [-0.05, 0) is 6.08 Å². The molecular weight excluding hydrogens is 346 g/mol. The Morgan fingerprint density at radius 2 is 1.85 bits per heavy atom. The zero-order chi connectivity index (χ0) is 15.1. The van der Waals surface area contributed by atoms with Crippen molar-refractivity contribution in [1.29, 1.82) is 0 Å². The number of halogens is 4. The van der Waals surface area contributed by atoms with Crippen molar-refractivity contribution < 1.29 is 14.6 Å². The maximum atomic E-state index is 9.31. The molecule has 0 bridgehead atoms. The molecule has 20 heavy (non-hydrogen) atoms. The summed E-state index contributed by atoms with van der Waals surface area (Å²) in [6.07, 6.45) is 1.56. The molecule has 0 amide bonds. The summed E-state index contributed by atoms with van der Waals surface area (Å²) in [7, 11) is 0. The SMILES string of the molecule is CC(COCC=C(Cl)Cl)COc1c(Cl)cc(O)cc1Cl. The minimum atomic E-state index is -0.00604. The van der Waals surface area contributed by atoms with Gasteiger partial charge in [-0.15, -0.1) is 0 Å². The van der Waals surface area contributed by atoms with Gasteiger partial charge in [-0.2, -0.15) is 0 Å². The minimum Gasteiger partial charge on any atom is -0.508 e. The summed E-state index contributed by atoms with van der Waals surface area (Å²) in [6, 6.07) is 2.74. The highest BCUT2D eigenvalue weighted by Gasteiger charge is 2.11. The fourth-order valence-corrected chi connectivity index (χ4v) is 2.06. The van der Waals surface area contributed by atoms with E-state index in [9.17, 15) is 5.11 Å². The van der Waals surface area contributed by atoms with Gasteiger partial charge >= 0.3 is 0 Å². The molecular formula is C13H14Cl4O3. The Morgan fingerprint density at radius 1 is 1.25 bits per heavy atom. The molecule has 1 aromatic carbocycles. The van der Waals surface area contributed by atoms with Gasteiger partial charge < -0.3 is 14.6 Å². The van der Waals surface area contributed by atoms with Crippen molar-refractivity contribution in [2.75, 3.05) is 19.8 Å². The molecule has 1 N–H and O–H groups in total. The first-order valence-corrected chi connectivity index (χ1v) is 7.31. The first-order valence-electron chi connectivity index (χ1n) is 5.80. The average Bonchev–Trinajstić information content (AvgIpc) is 2.33. The van der Waals surface area contributed by atoms with Crippen LogP contribution in [-0.2, 0) is 4.74 Å². The highest BCUT2D eigenvalue weighted by molar-refractivity contribution is 6.55. The number of aromatic hydroxyl groups is 1. The summed E-state index contributed by atoms with van der Waals surface area (Å²) < 4.78 is 11.1. The topological polar surface area (TPSA) is 38.7 Å². The Balaban J connectivity index is 2.41. The van der Waals surface area contributed by atoms with Gasteiger partial charge in [-0.25, -0.2) is 0 Å². The van der Waals surface area contributed by atoms with E-state index < -0.39 is 0 Å². The summed E-state index contributed by atoms with van der Waals surface area (Å²) in [5, 5.41) is 9.84. The van der Waals surface area contributed by atoms with Crippen LogP contribution >= 0.6 is 46.4 Å². The molecule has 0 spiro atoms. The Labute approximate surface area is 138 Å². The van der Waals surface area contributed by atoms with Crippen LogP contribution in [-0.4, -0.2) is 24.9 Å². The molecule has 0 saturated heterocycles. The van der Waals surface area contributed by atoms with Crippen LogP contribution in [0, 0.1) is 5.92 Å². The third-order valence-corrected chi connectivity index (χ3v) is 3.12. The first kappa shape index (κ1) is 17.7. The summed E-state index contributed by atoms with van der Waals surface area (Å²) in [6.45, 7) is 3.15. The Bertz CT molecular complexity index is 450. The quantitative estimate of drug-likeness (QED) is 0.692. The van der Waals surface area contributed by atoms with Crippen LogP contribution in [0.4, 0.5) is 0 Å². The number of hydrogen-bond acceptors (Lipinski definition) is 3. The average molecular weight is 360 g/mol. The van der Waals surface area contributed by atoms with E-state index in [1.54, 1.807) is 6.08 Å². The van der Waals surface area contributed by atoms with Crippen LogP contribution in [0.1, 0.15) is 6.92 Å². The largest absolute Gasteiger partial charge is 0.508 e. The number of hydrogen-bond donors (Lipinski definition) is 1. The fourth-order valence-electron chi connectivity index (χ4n) is 1.35. The summed E-state index contributed by atoms with van der Waals surface area (Å²) >= 11 is 22.8. The number of benzene rings is 1. The lowest BCUT2D eigenvalue weighted by molar-refractivity contribution is 0.104. The van der Waals surface area contributed by atoms with Gasteiger partial charge in [-0.1, -0.05) is 53.3 Å². The molecule has 7 heteroatoms. The summed E-state index contributed by atoms with van der Waals surface area (Å²) in [5.41, 5.74) is 0. The molecule has 1 rings (SSSR count). The van der Waals surface area contributed by atoms with Crippen LogP contribution in [0.15, 0.2) is 22.7 Å². The molecule has 0 radical (unpaired) electrons. The van der Waals surface area contributed by atoms with Crippen molar-refractivity contribution in [2.24, 2.45) is 5.92 Å². The van der Waals surface area contributed by atoms with E-state index in [1.165, 1.54) is 12.1 Å². The highest BCUT2D eigenvalue weighted by atomic mass is 35.5. The second-order valence-electron chi connectivity index (χ2n) is 4.19. The van der Waals surface area contributed by atoms with Gasteiger partial charge in [0.1, 0.15) is 10.2 Å². The molecule has 0 aliphatic carbocycles. The van der Waals surface area contributed by atoms with E-state index in [0.29, 0.717) is 25.6 Å². The normalized spacial score (nSPS) is 12.1. The van der Waals surface area contributed by atoms with Gasteiger partial charge in [0.2, 0.25) is 0 Å². The molecule has 0 aromatic heterocycles. The predicted octanol–water partition coefficient (Wildman–Crippen LogP) is 5.05. The molecule has 1 aromatic rings. The number of rotatable bonds is 7. The van der Waals surface area contributed by atoms with E-state index in [2.05, 4.69) is 0 Å². The Kier molecular flexibility index (Phi) is 7.85. The lowest BCUT2D eigenvalue weighted by Crippen LogP contribution is -2.15. The van der Waals surface area contributed by atoms with Crippen molar-refractivity contribution in [1.82, 2.24) is 0 Å². The highest BCUT2D eigenvalue weighted by Crippen LogP contribution is 2.36. The van der Waals surface area contributed by atoms with Crippen LogP contribution in [0.25, 0.3) is 0 Å². The monoisotopic (exact) mass is 358 g/mol. The van der Waals surface area contributed by atoms with Gasteiger partial charge in [0, 0.05) is 18.1 Å². The summed E-state index contributed by atoms with van der Waals surface area (Å²) in [4.78, 5) is 0. The first-order chi connectivity index (χ1) is 9.40. The molecule has 0 heterocycles. The number of phenolic OH excluding ortho intramolecular Hbond substituents is 1. The third kappa shape index (κ3) is 6.42. The van der Waals surface area contributed by atoms with Crippen LogP contribution in [0.2, 0.25) is 10.0 Å². The molecule has 1 atom stereocenters. The standard InChI is InChI=1S/C13H14Cl4O3/c1-8(6-19-3-2-12(16)17)7-20-13-10(14)4-9(18)5-11(13)15/h2,4-5,8,18H,3,6-7H2,1H3. The Morgan fingerprint density at radius 3 is 2.40 bits per heavy atom. The second-order valence-corrected chi connectivity index (χ2v) is 6.01. The molecule has 0 fully saturated rings. The van der Waals surface area contributed by atoms with Crippen molar-refractivity contribution in [2.45, 2.75) is 6.92 Å². The zero-order valence-corrected chi connectivity index (χ0v) is 13.7. The lowest BCUT2D eigenvalue weighted by Gasteiger charge is -2.15. The van der Waals surface area contributed by atoms with Gasteiger partial charge in [-0.3, -0.25) is 0 Å². The van der Waals surface area contributed by atoms with Gasteiger partial charge in [0.25, 0.3) is 0 Å². The molecule has 0 aliphatic heterocycles. The van der Waals surface area contributed by atoms with E-state index in [-0.39, 0.29) is 26.2 Å².